The van der Waals surface area contributed by atoms with E-state index in [0.29, 0.717) is 23.1 Å². The van der Waals surface area contributed by atoms with E-state index in [-0.39, 0.29) is 5.91 Å². The van der Waals surface area contributed by atoms with E-state index in [4.69, 9.17) is 9.47 Å². The predicted octanol–water partition coefficient (Wildman–Crippen LogP) is 1.74. The van der Waals surface area contributed by atoms with Crippen LogP contribution in [0.1, 0.15) is 17.3 Å². The minimum absolute atomic E-state index is 0.0451. The van der Waals surface area contributed by atoms with Gasteiger partial charge in [0.15, 0.2) is 11.5 Å². The molecule has 1 N–H and O–H groups in total. The Bertz CT molecular complexity index is 507. The van der Waals surface area contributed by atoms with Gasteiger partial charge < -0.3 is 19.7 Å². The summed E-state index contributed by atoms with van der Waals surface area (Å²) in [7, 11) is 3.17. The van der Waals surface area contributed by atoms with Crippen LogP contribution in [-0.4, -0.2) is 50.7 Å². The summed E-state index contributed by atoms with van der Waals surface area (Å²) >= 11 is 2.16. The van der Waals surface area contributed by atoms with Gasteiger partial charge in [0.05, 0.1) is 19.8 Å². The highest BCUT2D eigenvalue weighted by atomic mass is 127. The van der Waals surface area contributed by atoms with Gasteiger partial charge in [-0.15, -0.1) is 0 Å². The van der Waals surface area contributed by atoms with Crippen LogP contribution < -0.4 is 14.8 Å². The van der Waals surface area contributed by atoms with E-state index in [9.17, 15) is 4.79 Å². The van der Waals surface area contributed by atoms with Gasteiger partial charge in [-0.25, -0.2) is 0 Å². The number of carbonyl (C=O) groups excluding carboxylic acids is 1. The monoisotopic (exact) mass is 390 g/mol. The van der Waals surface area contributed by atoms with Gasteiger partial charge in [-0.1, -0.05) is 0 Å². The van der Waals surface area contributed by atoms with Crippen molar-refractivity contribution in [1.82, 2.24) is 10.2 Å². The highest BCUT2D eigenvalue weighted by molar-refractivity contribution is 14.1. The average molecular weight is 390 g/mol. The molecule has 5 nitrogen and oxygen atoms in total. The maximum absolute atomic E-state index is 12.6. The van der Waals surface area contributed by atoms with Crippen molar-refractivity contribution >= 4 is 28.5 Å². The first-order valence-electron chi connectivity index (χ1n) is 6.51. The molecule has 0 aromatic heterocycles. The molecule has 0 saturated carbocycles. The molecule has 1 aliphatic heterocycles. The number of carbonyl (C=O) groups is 1. The quantitative estimate of drug-likeness (QED) is 0.800. The molecule has 0 spiro atoms. The van der Waals surface area contributed by atoms with Gasteiger partial charge in [-0.2, -0.15) is 0 Å². The summed E-state index contributed by atoms with van der Waals surface area (Å²) in [6.45, 7) is 4.37. The number of hydrogen-bond donors (Lipinski definition) is 1. The van der Waals surface area contributed by atoms with E-state index in [0.717, 1.165) is 23.2 Å². The number of nitrogens with zero attached hydrogens (tertiary/aromatic N) is 1. The van der Waals surface area contributed by atoms with Crippen molar-refractivity contribution in [3.8, 4) is 11.5 Å². The van der Waals surface area contributed by atoms with Gasteiger partial charge >= 0.3 is 0 Å². The molecule has 1 unspecified atom stereocenters. The maximum atomic E-state index is 12.6. The fourth-order valence-electron chi connectivity index (χ4n) is 2.31. The Kier molecular flexibility index (Phi) is 5.09. The summed E-state index contributed by atoms with van der Waals surface area (Å²) < 4.78 is 11.4. The normalized spacial score (nSPS) is 18.8. The second-order valence-electron chi connectivity index (χ2n) is 4.79. The Balaban J connectivity index is 2.29. The van der Waals surface area contributed by atoms with Crippen LogP contribution in [0.3, 0.4) is 0 Å². The van der Waals surface area contributed by atoms with Gasteiger partial charge in [0, 0.05) is 29.2 Å². The summed E-state index contributed by atoms with van der Waals surface area (Å²) in [5, 5.41) is 3.33. The molecule has 2 rings (SSSR count). The third-order valence-electron chi connectivity index (χ3n) is 3.36. The fraction of sp³-hybridized carbons (Fsp3) is 0.500. The lowest BCUT2D eigenvalue weighted by Crippen LogP contribution is -2.51. The molecule has 0 aliphatic carbocycles. The van der Waals surface area contributed by atoms with Crippen LogP contribution in [0.5, 0.6) is 11.5 Å². The zero-order valence-corrected chi connectivity index (χ0v) is 14.1. The van der Waals surface area contributed by atoms with Crippen molar-refractivity contribution in [2.75, 3.05) is 33.9 Å². The number of methoxy groups -OCH3 is 2. The molecule has 0 radical (unpaired) electrons. The predicted molar refractivity (Wildman–Crippen MR) is 85.6 cm³/mol. The molecule has 0 bridgehead atoms. The molecule has 1 aliphatic rings. The van der Waals surface area contributed by atoms with Crippen molar-refractivity contribution < 1.29 is 14.3 Å². The molecule has 1 saturated heterocycles. The second kappa shape index (κ2) is 6.62. The Hall–Kier alpha value is -1.02. The van der Waals surface area contributed by atoms with Gasteiger partial charge in [0.2, 0.25) is 0 Å². The van der Waals surface area contributed by atoms with Crippen molar-refractivity contribution in [1.29, 1.82) is 0 Å². The topological polar surface area (TPSA) is 50.8 Å². The van der Waals surface area contributed by atoms with Crippen LogP contribution >= 0.6 is 22.6 Å². The second-order valence-corrected chi connectivity index (χ2v) is 5.96. The van der Waals surface area contributed by atoms with E-state index in [1.807, 2.05) is 11.0 Å². The number of halogens is 1. The molecule has 20 heavy (non-hydrogen) atoms. The molecule has 1 aromatic carbocycles. The van der Waals surface area contributed by atoms with Crippen LogP contribution in [0.15, 0.2) is 12.1 Å². The molecule has 1 atom stereocenters. The van der Waals surface area contributed by atoms with Crippen molar-refractivity contribution in [3.05, 3.63) is 21.3 Å². The zero-order chi connectivity index (χ0) is 14.7. The SMILES string of the molecule is COc1cc(I)c(C(=O)N2CCNC(C)C2)cc1OC. The lowest BCUT2D eigenvalue weighted by molar-refractivity contribution is 0.0707. The van der Waals surface area contributed by atoms with Gasteiger partial charge in [-0.05, 0) is 41.6 Å². The lowest BCUT2D eigenvalue weighted by Gasteiger charge is -2.32. The van der Waals surface area contributed by atoms with Crippen LogP contribution in [-0.2, 0) is 0 Å². The largest absolute Gasteiger partial charge is 0.493 e. The standard InChI is InChI=1S/C14H19IN2O3/c1-9-8-17(5-4-16-9)14(18)10-6-12(19-2)13(20-3)7-11(10)15/h6-7,9,16H,4-5,8H2,1-3H3. The molecule has 1 amide bonds. The van der Waals surface area contributed by atoms with Crippen molar-refractivity contribution in [2.45, 2.75) is 13.0 Å². The van der Waals surface area contributed by atoms with Gasteiger partial charge in [0.1, 0.15) is 0 Å². The minimum Gasteiger partial charge on any atom is -0.493 e. The smallest absolute Gasteiger partial charge is 0.255 e. The number of nitrogens with one attached hydrogen (secondary N) is 1. The third-order valence-corrected chi connectivity index (χ3v) is 4.25. The summed E-state index contributed by atoms with van der Waals surface area (Å²) in [4.78, 5) is 14.5. The number of rotatable bonds is 3. The highest BCUT2D eigenvalue weighted by Gasteiger charge is 2.24. The van der Waals surface area contributed by atoms with E-state index < -0.39 is 0 Å². The Morgan fingerprint density at radius 1 is 1.35 bits per heavy atom. The fourth-order valence-corrected chi connectivity index (χ4v) is 2.97. The molecular formula is C14H19IN2O3. The van der Waals surface area contributed by atoms with E-state index in [1.165, 1.54) is 0 Å². The Morgan fingerprint density at radius 3 is 2.60 bits per heavy atom. The number of amides is 1. The Labute approximate surface area is 132 Å². The first-order chi connectivity index (χ1) is 9.56. The summed E-state index contributed by atoms with van der Waals surface area (Å²) in [6.07, 6.45) is 0. The van der Waals surface area contributed by atoms with Crippen LogP contribution in [0, 0.1) is 3.57 Å². The van der Waals surface area contributed by atoms with E-state index in [1.54, 1.807) is 20.3 Å². The molecule has 6 heteroatoms. The summed E-state index contributed by atoms with van der Waals surface area (Å²) in [5.74, 6) is 1.27. The minimum atomic E-state index is 0.0451. The number of ether oxygens (including phenoxy) is 2. The summed E-state index contributed by atoms with van der Waals surface area (Å²) in [6, 6.07) is 3.92. The van der Waals surface area contributed by atoms with Crippen LogP contribution in [0.4, 0.5) is 0 Å². The first kappa shape index (κ1) is 15.4. The first-order valence-corrected chi connectivity index (χ1v) is 7.59. The average Bonchev–Trinajstić information content (AvgIpc) is 2.46. The van der Waals surface area contributed by atoms with Gasteiger partial charge in [-0.3, -0.25) is 4.79 Å². The molecule has 110 valence electrons. The number of hydrogen-bond acceptors (Lipinski definition) is 4. The molecule has 1 aromatic rings. The highest BCUT2D eigenvalue weighted by Crippen LogP contribution is 2.32. The van der Waals surface area contributed by atoms with Crippen molar-refractivity contribution in [2.24, 2.45) is 0 Å². The number of benzene rings is 1. The zero-order valence-electron chi connectivity index (χ0n) is 11.9. The molecule has 1 heterocycles. The maximum Gasteiger partial charge on any atom is 0.255 e. The molecule has 1 fully saturated rings. The third kappa shape index (κ3) is 3.17. The van der Waals surface area contributed by atoms with Crippen LogP contribution in [0.2, 0.25) is 0 Å². The van der Waals surface area contributed by atoms with E-state index in [2.05, 4.69) is 34.8 Å². The Morgan fingerprint density at radius 2 is 2.00 bits per heavy atom. The lowest BCUT2D eigenvalue weighted by atomic mass is 10.1. The molecular weight excluding hydrogens is 371 g/mol. The summed E-state index contributed by atoms with van der Waals surface area (Å²) in [5.41, 5.74) is 0.664. The van der Waals surface area contributed by atoms with Crippen LogP contribution in [0.25, 0.3) is 0 Å². The van der Waals surface area contributed by atoms with E-state index >= 15 is 0 Å². The van der Waals surface area contributed by atoms with Gasteiger partial charge in [0.25, 0.3) is 5.91 Å². The van der Waals surface area contributed by atoms with Crippen molar-refractivity contribution in [3.63, 3.8) is 0 Å². The number of piperazine rings is 1.